The number of hydrogen-bond acceptors (Lipinski definition) is 5. The molecular weight excluding hydrogens is 408 g/mol. The van der Waals surface area contributed by atoms with E-state index in [1.165, 1.54) is 4.57 Å². The van der Waals surface area contributed by atoms with Gasteiger partial charge < -0.3 is 14.4 Å². The first-order valence-corrected chi connectivity index (χ1v) is 10.2. The average molecular weight is 433 g/mol. The summed E-state index contributed by atoms with van der Waals surface area (Å²) in [5.74, 6) is 0.0162. The van der Waals surface area contributed by atoms with Crippen molar-refractivity contribution < 1.29 is 18.3 Å². The SMILES string of the molecule is C=N/C(=N\C(=N/CN1CCOCC1)n1c(C(F)F)nc2ccccc21)N1CCOCC1. The number of alkyl halides is 2. The van der Waals surface area contributed by atoms with E-state index >= 15 is 0 Å². The summed E-state index contributed by atoms with van der Waals surface area (Å²) < 4.78 is 39.9. The predicted molar refractivity (Wildman–Crippen MR) is 114 cm³/mol. The molecule has 0 amide bonds. The fourth-order valence-corrected chi connectivity index (χ4v) is 3.52. The molecule has 11 heteroatoms. The zero-order valence-corrected chi connectivity index (χ0v) is 17.2. The van der Waals surface area contributed by atoms with E-state index < -0.39 is 12.2 Å². The molecule has 3 heterocycles. The summed E-state index contributed by atoms with van der Waals surface area (Å²) in [6.07, 6.45) is -2.79. The number of fused-ring (bicyclic) bond motifs is 1. The molecule has 0 atom stereocenters. The van der Waals surface area contributed by atoms with Crippen LogP contribution in [0.15, 0.2) is 39.2 Å². The molecule has 0 N–H and O–H groups in total. The quantitative estimate of drug-likeness (QED) is 0.545. The summed E-state index contributed by atoms with van der Waals surface area (Å²) in [4.78, 5) is 21.3. The fourth-order valence-electron chi connectivity index (χ4n) is 3.52. The minimum Gasteiger partial charge on any atom is -0.379 e. The van der Waals surface area contributed by atoms with E-state index in [2.05, 4.69) is 31.6 Å². The van der Waals surface area contributed by atoms with E-state index in [0.29, 0.717) is 76.3 Å². The second-order valence-corrected chi connectivity index (χ2v) is 7.09. The van der Waals surface area contributed by atoms with Gasteiger partial charge in [0.05, 0.1) is 44.1 Å². The van der Waals surface area contributed by atoms with Crippen LogP contribution in [0, 0.1) is 0 Å². The lowest BCUT2D eigenvalue weighted by atomic mass is 10.3. The Morgan fingerprint density at radius 2 is 1.71 bits per heavy atom. The van der Waals surface area contributed by atoms with E-state index in [1.807, 2.05) is 4.90 Å². The standard InChI is InChI=1S/C20H25F2N7O2/c1-23-19(28-8-12-31-13-9-28)26-20(24-14-27-6-10-30-11-7-27)29-16-5-3-2-4-15(16)25-18(29)17(21)22/h2-5,17H,1,6-14H2/b24-20+,26-19+. The van der Waals surface area contributed by atoms with Crippen LogP contribution >= 0.6 is 0 Å². The van der Waals surface area contributed by atoms with Crippen molar-refractivity contribution in [3.63, 3.8) is 0 Å². The van der Waals surface area contributed by atoms with E-state index in [-0.39, 0.29) is 5.96 Å². The number of benzene rings is 1. The smallest absolute Gasteiger partial charge is 0.296 e. The van der Waals surface area contributed by atoms with Crippen molar-refractivity contribution in [1.82, 2.24) is 19.4 Å². The van der Waals surface area contributed by atoms with Crippen LogP contribution in [0.2, 0.25) is 0 Å². The van der Waals surface area contributed by atoms with Crippen molar-refractivity contribution in [3.8, 4) is 0 Å². The van der Waals surface area contributed by atoms with Crippen molar-refractivity contribution in [3.05, 3.63) is 30.1 Å². The number of hydrogen-bond donors (Lipinski definition) is 0. The summed E-state index contributed by atoms with van der Waals surface area (Å²) in [5.41, 5.74) is 0.958. The minimum absolute atomic E-state index is 0.101. The molecule has 0 aliphatic carbocycles. The fraction of sp³-hybridized carbons (Fsp3) is 0.500. The van der Waals surface area contributed by atoms with Gasteiger partial charge in [-0.05, 0) is 18.9 Å². The molecule has 31 heavy (non-hydrogen) atoms. The number of rotatable bonds is 3. The Kier molecular flexibility index (Phi) is 6.95. The van der Waals surface area contributed by atoms with Crippen LogP contribution in [0.5, 0.6) is 0 Å². The zero-order chi connectivity index (χ0) is 21.6. The molecule has 9 nitrogen and oxygen atoms in total. The van der Waals surface area contributed by atoms with E-state index in [9.17, 15) is 8.78 Å². The Morgan fingerprint density at radius 1 is 1.03 bits per heavy atom. The molecule has 2 saturated heterocycles. The van der Waals surface area contributed by atoms with Gasteiger partial charge in [0.25, 0.3) is 6.43 Å². The number of imidazole rings is 1. The molecule has 0 spiro atoms. The maximum absolute atomic E-state index is 13.9. The Morgan fingerprint density at radius 3 is 2.39 bits per heavy atom. The van der Waals surface area contributed by atoms with Gasteiger partial charge in [0.15, 0.2) is 5.82 Å². The normalized spacial score (nSPS) is 19.4. The second-order valence-electron chi connectivity index (χ2n) is 7.09. The third-order valence-corrected chi connectivity index (χ3v) is 5.13. The lowest BCUT2D eigenvalue weighted by Gasteiger charge is -2.28. The van der Waals surface area contributed by atoms with Gasteiger partial charge in [-0.3, -0.25) is 9.47 Å². The van der Waals surface area contributed by atoms with E-state index in [4.69, 9.17) is 9.47 Å². The van der Waals surface area contributed by atoms with Crippen LogP contribution in [0.25, 0.3) is 11.0 Å². The molecule has 2 aliphatic rings. The van der Waals surface area contributed by atoms with Gasteiger partial charge >= 0.3 is 0 Å². The number of morpholine rings is 2. The number of guanidine groups is 1. The van der Waals surface area contributed by atoms with Gasteiger partial charge in [-0.15, -0.1) is 0 Å². The molecule has 2 aromatic rings. The Balaban J connectivity index is 1.78. The van der Waals surface area contributed by atoms with Crippen LogP contribution in [0.3, 0.4) is 0 Å². The molecule has 1 aromatic heterocycles. The minimum atomic E-state index is -2.79. The van der Waals surface area contributed by atoms with Crippen LogP contribution in [-0.2, 0) is 9.47 Å². The van der Waals surface area contributed by atoms with Gasteiger partial charge in [-0.1, -0.05) is 12.1 Å². The number of para-hydroxylation sites is 2. The number of halogens is 2. The van der Waals surface area contributed by atoms with Crippen molar-refractivity contribution in [2.24, 2.45) is 15.0 Å². The highest BCUT2D eigenvalue weighted by Gasteiger charge is 2.24. The molecule has 2 aliphatic heterocycles. The molecule has 0 unspecified atom stereocenters. The molecule has 0 bridgehead atoms. The van der Waals surface area contributed by atoms with Gasteiger partial charge in [-0.25, -0.2) is 23.7 Å². The van der Waals surface area contributed by atoms with Gasteiger partial charge in [-0.2, -0.15) is 4.99 Å². The van der Waals surface area contributed by atoms with Crippen molar-refractivity contribution in [1.29, 1.82) is 0 Å². The average Bonchev–Trinajstić information content (AvgIpc) is 3.21. The maximum Gasteiger partial charge on any atom is 0.296 e. The first-order chi connectivity index (χ1) is 15.2. The molecule has 166 valence electrons. The summed E-state index contributed by atoms with van der Waals surface area (Å²) in [6, 6.07) is 6.94. The summed E-state index contributed by atoms with van der Waals surface area (Å²) in [6.45, 7) is 8.79. The third-order valence-electron chi connectivity index (χ3n) is 5.13. The van der Waals surface area contributed by atoms with Crippen LogP contribution in [-0.4, -0.2) is 97.3 Å². The lowest BCUT2D eigenvalue weighted by Crippen LogP contribution is -2.40. The Labute approximate surface area is 178 Å². The summed E-state index contributed by atoms with van der Waals surface area (Å²) >= 11 is 0. The molecule has 0 saturated carbocycles. The van der Waals surface area contributed by atoms with Crippen LogP contribution in [0.1, 0.15) is 12.2 Å². The topological polar surface area (TPSA) is 79.8 Å². The second kappa shape index (κ2) is 10.0. The lowest BCUT2D eigenvalue weighted by molar-refractivity contribution is 0.0393. The van der Waals surface area contributed by atoms with E-state index in [0.717, 1.165) is 0 Å². The summed E-state index contributed by atoms with van der Waals surface area (Å²) in [7, 11) is 0. The number of ether oxygens (including phenoxy) is 2. The highest BCUT2D eigenvalue weighted by Crippen LogP contribution is 2.24. The zero-order valence-electron chi connectivity index (χ0n) is 17.2. The third kappa shape index (κ3) is 4.94. The number of aliphatic imine (C=N–C) groups is 3. The molecule has 1 aromatic carbocycles. The van der Waals surface area contributed by atoms with Gasteiger partial charge in [0.2, 0.25) is 11.9 Å². The Hall–Kier alpha value is -2.76. The number of nitrogens with zero attached hydrogens (tertiary/aromatic N) is 7. The van der Waals surface area contributed by atoms with Gasteiger partial charge in [0.1, 0.15) is 0 Å². The molecule has 2 fully saturated rings. The highest BCUT2D eigenvalue weighted by atomic mass is 19.3. The molecule has 0 radical (unpaired) electrons. The Bertz CT molecular complexity index is 964. The number of aromatic nitrogens is 2. The van der Waals surface area contributed by atoms with Crippen molar-refractivity contribution in [2.45, 2.75) is 6.43 Å². The predicted octanol–water partition coefficient (Wildman–Crippen LogP) is 1.86. The largest absolute Gasteiger partial charge is 0.379 e. The molecule has 4 rings (SSSR count). The van der Waals surface area contributed by atoms with E-state index in [1.54, 1.807) is 24.3 Å². The first-order valence-electron chi connectivity index (χ1n) is 10.2. The van der Waals surface area contributed by atoms with Crippen molar-refractivity contribution in [2.75, 3.05) is 59.3 Å². The summed E-state index contributed by atoms with van der Waals surface area (Å²) in [5, 5.41) is 0. The van der Waals surface area contributed by atoms with Crippen molar-refractivity contribution >= 4 is 29.7 Å². The van der Waals surface area contributed by atoms with Crippen LogP contribution < -0.4 is 0 Å². The monoisotopic (exact) mass is 433 g/mol. The molecular formula is C20H25F2N7O2. The first kappa shape index (κ1) is 21.5. The maximum atomic E-state index is 13.9. The van der Waals surface area contributed by atoms with Gasteiger partial charge in [0, 0.05) is 26.2 Å². The highest BCUT2D eigenvalue weighted by molar-refractivity contribution is 6.01. The van der Waals surface area contributed by atoms with Crippen LogP contribution in [0.4, 0.5) is 8.78 Å².